The Morgan fingerprint density at radius 2 is 2.06 bits per heavy atom. The first kappa shape index (κ1) is 22.1. The van der Waals surface area contributed by atoms with Gasteiger partial charge in [0.05, 0.1) is 11.4 Å². The van der Waals surface area contributed by atoms with Gasteiger partial charge in [-0.25, -0.2) is 14.4 Å². The van der Waals surface area contributed by atoms with Gasteiger partial charge in [0, 0.05) is 43.2 Å². The Labute approximate surface area is 191 Å². The first-order chi connectivity index (χ1) is 15.6. The second kappa shape index (κ2) is 10.5. The minimum absolute atomic E-state index is 0.0320. The van der Waals surface area contributed by atoms with Gasteiger partial charge in [0.15, 0.2) is 5.16 Å². The molecular formula is C25H25FN4OS. The van der Waals surface area contributed by atoms with Crippen LogP contribution in [0.4, 0.5) is 4.39 Å². The molecule has 1 aliphatic heterocycles. The molecule has 1 atom stereocenters. The van der Waals surface area contributed by atoms with Crippen LogP contribution in [0.5, 0.6) is 0 Å². The summed E-state index contributed by atoms with van der Waals surface area (Å²) in [7, 11) is 0. The molecule has 4 rings (SSSR count). The molecule has 0 N–H and O–H groups in total. The topological polar surface area (TPSA) is 59.0 Å². The summed E-state index contributed by atoms with van der Waals surface area (Å²) in [5.74, 6) is 0.581. The quantitative estimate of drug-likeness (QED) is 0.301. The van der Waals surface area contributed by atoms with E-state index >= 15 is 0 Å². The number of hydrogen-bond acceptors (Lipinski definition) is 5. The van der Waals surface area contributed by atoms with E-state index in [1.54, 1.807) is 42.2 Å². The zero-order valence-electron chi connectivity index (χ0n) is 17.9. The van der Waals surface area contributed by atoms with Crippen molar-refractivity contribution in [3.05, 3.63) is 89.3 Å². The predicted molar refractivity (Wildman–Crippen MR) is 125 cm³/mol. The molecule has 3 aromatic rings. The zero-order valence-corrected chi connectivity index (χ0v) is 18.8. The molecule has 0 spiro atoms. The van der Waals surface area contributed by atoms with Crippen LogP contribution in [0.3, 0.4) is 0 Å². The Morgan fingerprint density at radius 3 is 2.84 bits per heavy atom. The van der Waals surface area contributed by atoms with Crippen LogP contribution in [0.15, 0.2) is 66.1 Å². The van der Waals surface area contributed by atoms with Gasteiger partial charge >= 0.3 is 0 Å². The maximum Gasteiger partial charge on any atom is 0.246 e. The summed E-state index contributed by atoms with van der Waals surface area (Å²) in [5, 5.41) is 0.732. The van der Waals surface area contributed by atoms with E-state index in [2.05, 4.69) is 9.97 Å². The molecule has 1 aliphatic rings. The summed E-state index contributed by atoms with van der Waals surface area (Å²) >= 11 is 1.57. The van der Waals surface area contributed by atoms with Crippen molar-refractivity contribution < 1.29 is 9.18 Å². The Balaban J connectivity index is 1.41. The van der Waals surface area contributed by atoms with Crippen LogP contribution in [-0.4, -0.2) is 38.8 Å². The minimum Gasteiger partial charge on any atom is -0.338 e. The van der Waals surface area contributed by atoms with Crippen LogP contribution in [0.25, 0.3) is 6.08 Å². The third kappa shape index (κ3) is 5.79. The molecule has 0 saturated carbocycles. The Bertz CT molecular complexity index is 1090. The number of piperidine rings is 1. The Hall–Kier alpha value is -3.06. The molecular weight excluding hydrogens is 423 g/mol. The molecule has 0 unspecified atom stereocenters. The zero-order chi connectivity index (χ0) is 22.3. The van der Waals surface area contributed by atoms with Gasteiger partial charge in [0.2, 0.25) is 5.91 Å². The van der Waals surface area contributed by atoms with Crippen molar-refractivity contribution in [2.45, 2.75) is 36.6 Å². The van der Waals surface area contributed by atoms with Gasteiger partial charge < -0.3 is 4.90 Å². The standard InChI is InChI=1S/C25H25FN4OS/c1-18-15-28-25(32-17-22-6-2-3-13-27-22)29-24(18)20-5-4-14-30(16-20)23(31)12-9-19-7-10-21(26)11-8-19/h2-3,6-13,15,20H,4-5,14,16-17H2,1H3/b12-9+/t20-/m1/s1. The van der Waals surface area contributed by atoms with E-state index in [0.29, 0.717) is 12.3 Å². The number of carbonyl (C=O) groups is 1. The van der Waals surface area contributed by atoms with Gasteiger partial charge in [-0.05, 0) is 61.2 Å². The lowest BCUT2D eigenvalue weighted by Gasteiger charge is -2.32. The monoisotopic (exact) mass is 448 g/mol. The highest BCUT2D eigenvalue weighted by Gasteiger charge is 2.26. The molecule has 1 saturated heterocycles. The number of benzene rings is 1. The maximum atomic E-state index is 13.1. The van der Waals surface area contributed by atoms with E-state index in [1.807, 2.05) is 36.2 Å². The van der Waals surface area contributed by atoms with E-state index in [-0.39, 0.29) is 17.6 Å². The number of thioether (sulfide) groups is 1. The second-order valence-electron chi connectivity index (χ2n) is 7.84. The van der Waals surface area contributed by atoms with E-state index in [4.69, 9.17) is 4.98 Å². The van der Waals surface area contributed by atoms with Gasteiger partial charge in [-0.15, -0.1) is 0 Å². The van der Waals surface area contributed by atoms with Crippen LogP contribution >= 0.6 is 11.8 Å². The highest BCUT2D eigenvalue weighted by atomic mass is 32.2. The number of likely N-dealkylation sites (tertiary alicyclic amines) is 1. The summed E-state index contributed by atoms with van der Waals surface area (Å²) in [6, 6.07) is 12.0. The first-order valence-corrected chi connectivity index (χ1v) is 11.7. The average molecular weight is 449 g/mol. The number of nitrogens with zero attached hydrogens (tertiary/aromatic N) is 4. The lowest BCUT2D eigenvalue weighted by atomic mass is 9.92. The van der Waals surface area contributed by atoms with E-state index < -0.39 is 0 Å². The Morgan fingerprint density at radius 1 is 1.22 bits per heavy atom. The fourth-order valence-electron chi connectivity index (χ4n) is 3.79. The van der Waals surface area contributed by atoms with E-state index in [9.17, 15) is 9.18 Å². The average Bonchev–Trinajstić information content (AvgIpc) is 2.83. The lowest BCUT2D eigenvalue weighted by Crippen LogP contribution is -2.38. The highest BCUT2D eigenvalue weighted by molar-refractivity contribution is 7.98. The largest absolute Gasteiger partial charge is 0.338 e. The Kier molecular flexibility index (Phi) is 7.27. The summed E-state index contributed by atoms with van der Waals surface area (Å²) in [6.07, 6.45) is 8.88. The molecule has 2 aromatic heterocycles. The van der Waals surface area contributed by atoms with Crippen LogP contribution in [-0.2, 0) is 10.5 Å². The number of rotatable bonds is 6. The predicted octanol–water partition coefficient (Wildman–Crippen LogP) is 5.03. The third-order valence-electron chi connectivity index (χ3n) is 5.47. The second-order valence-corrected chi connectivity index (χ2v) is 8.78. The molecule has 1 amide bonds. The summed E-state index contributed by atoms with van der Waals surface area (Å²) in [4.78, 5) is 28.3. The molecule has 0 aliphatic carbocycles. The van der Waals surface area contributed by atoms with Gasteiger partial charge in [-0.1, -0.05) is 30.0 Å². The summed E-state index contributed by atoms with van der Waals surface area (Å²) in [5.41, 5.74) is 3.86. The smallest absolute Gasteiger partial charge is 0.246 e. The molecule has 3 heterocycles. The minimum atomic E-state index is -0.287. The maximum absolute atomic E-state index is 13.1. The van der Waals surface area contributed by atoms with Gasteiger partial charge in [-0.3, -0.25) is 9.78 Å². The molecule has 1 fully saturated rings. The van der Waals surface area contributed by atoms with Gasteiger partial charge in [-0.2, -0.15) is 0 Å². The molecule has 5 nitrogen and oxygen atoms in total. The fraction of sp³-hybridized carbons (Fsp3) is 0.280. The van der Waals surface area contributed by atoms with Crippen molar-refractivity contribution in [3.8, 4) is 0 Å². The van der Waals surface area contributed by atoms with Crippen molar-refractivity contribution in [1.29, 1.82) is 0 Å². The van der Waals surface area contributed by atoms with Crippen molar-refractivity contribution in [2.75, 3.05) is 13.1 Å². The number of halogens is 1. The molecule has 0 radical (unpaired) electrons. The lowest BCUT2D eigenvalue weighted by molar-refractivity contribution is -0.127. The SMILES string of the molecule is Cc1cnc(SCc2ccccn2)nc1[C@@H]1CCCN(C(=O)/C=C/c2ccc(F)cc2)C1. The van der Waals surface area contributed by atoms with Gasteiger partial charge in [0.25, 0.3) is 0 Å². The number of amides is 1. The fourth-order valence-corrected chi connectivity index (χ4v) is 4.53. The normalized spacial score (nSPS) is 16.4. The van der Waals surface area contributed by atoms with Crippen LogP contribution in [0, 0.1) is 12.7 Å². The van der Waals surface area contributed by atoms with Crippen molar-refractivity contribution in [1.82, 2.24) is 19.9 Å². The van der Waals surface area contributed by atoms with Crippen LogP contribution in [0.2, 0.25) is 0 Å². The van der Waals surface area contributed by atoms with Gasteiger partial charge in [0.1, 0.15) is 5.82 Å². The number of carbonyl (C=O) groups excluding carboxylic acids is 1. The summed E-state index contributed by atoms with van der Waals surface area (Å²) < 4.78 is 13.1. The number of hydrogen-bond donors (Lipinski definition) is 0. The van der Waals surface area contributed by atoms with Crippen molar-refractivity contribution in [2.24, 2.45) is 0 Å². The van der Waals surface area contributed by atoms with Crippen molar-refractivity contribution >= 4 is 23.7 Å². The molecule has 1 aromatic carbocycles. The highest BCUT2D eigenvalue weighted by Crippen LogP contribution is 2.29. The molecule has 32 heavy (non-hydrogen) atoms. The molecule has 0 bridgehead atoms. The number of aromatic nitrogens is 3. The van der Waals surface area contributed by atoms with E-state index in [0.717, 1.165) is 47.1 Å². The number of pyridine rings is 1. The van der Waals surface area contributed by atoms with E-state index in [1.165, 1.54) is 12.1 Å². The first-order valence-electron chi connectivity index (χ1n) is 10.7. The van der Waals surface area contributed by atoms with Crippen LogP contribution in [0.1, 0.15) is 41.3 Å². The third-order valence-corrected chi connectivity index (χ3v) is 6.37. The summed E-state index contributed by atoms with van der Waals surface area (Å²) in [6.45, 7) is 3.39. The molecule has 164 valence electrons. The molecule has 7 heteroatoms. The number of aryl methyl sites for hydroxylation is 1. The van der Waals surface area contributed by atoms with Crippen LogP contribution < -0.4 is 0 Å². The van der Waals surface area contributed by atoms with Crippen molar-refractivity contribution in [3.63, 3.8) is 0 Å².